The number of nitrogens with one attached hydrogen (secondary N) is 1. The van der Waals surface area contributed by atoms with Crippen molar-refractivity contribution in [3.8, 4) is 6.07 Å². The summed E-state index contributed by atoms with van der Waals surface area (Å²) in [6, 6.07) is 16.6. The Hall–Kier alpha value is -2.43. The van der Waals surface area contributed by atoms with Gasteiger partial charge in [-0.15, -0.1) is 0 Å². The van der Waals surface area contributed by atoms with Gasteiger partial charge >= 0.3 is 0 Å². The Balaban J connectivity index is 1.47. The first-order valence-electron chi connectivity index (χ1n) is 11.4. The molecule has 0 bridgehead atoms. The van der Waals surface area contributed by atoms with Crippen LogP contribution in [-0.2, 0) is 16.6 Å². The molecular weight excluding hydrogens is 425 g/mol. The molecule has 4 rings (SSSR count). The average molecular weight is 456 g/mol. The molecule has 0 aromatic heterocycles. The molecule has 32 heavy (non-hydrogen) atoms. The van der Waals surface area contributed by atoms with Gasteiger partial charge in [-0.25, -0.2) is 12.8 Å². The Bertz CT molecular complexity index is 1080. The van der Waals surface area contributed by atoms with Crippen molar-refractivity contribution >= 4 is 15.7 Å². The van der Waals surface area contributed by atoms with E-state index in [1.807, 2.05) is 43.3 Å². The number of hydrogen-bond acceptors (Lipinski definition) is 4. The molecule has 2 unspecified atom stereocenters. The third kappa shape index (κ3) is 4.82. The fourth-order valence-corrected chi connectivity index (χ4v) is 7.08. The van der Waals surface area contributed by atoms with Gasteiger partial charge in [-0.1, -0.05) is 36.4 Å². The highest BCUT2D eigenvalue weighted by molar-refractivity contribution is 7.89. The minimum absolute atomic E-state index is 0.0340. The van der Waals surface area contributed by atoms with Crippen molar-refractivity contribution in [1.29, 1.82) is 5.26 Å². The zero-order chi connectivity index (χ0) is 22.7. The lowest BCUT2D eigenvalue weighted by Gasteiger charge is -2.37. The normalized spacial score (nSPS) is 28.0. The molecule has 1 N–H and O–H groups in total. The molecule has 0 amide bonds. The smallest absolute Gasteiger partial charge is 0.221 e. The lowest BCUT2D eigenvalue weighted by atomic mass is 9.87. The Kier molecular flexibility index (Phi) is 6.82. The fraction of sp³-hybridized carbons (Fsp3) is 0.480. The van der Waals surface area contributed by atoms with E-state index in [1.165, 1.54) is 10.4 Å². The molecule has 2 aromatic carbocycles. The molecule has 5 nitrogen and oxygen atoms in total. The minimum atomic E-state index is -3.60. The van der Waals surface area contributed by atoms with Gasteiger partial charge in [0.25, 0.3) is 0 Å². The molecule has 1 saturated heterocycles. The van der Waals surface area contributed by atoms with Gasteiger partial charge in [-0.2, -0.15) is 9.57 Å². The highest BCUT2D eigenvalue weighted by atomic mass is 32.2. The molecule has 0 spiro atoms. The summed E-state index contributed by atoms with van der Waals surface area (Å²) in [6.45, 7) is 1.93. The standard InChI is InChI=1S/C25H30FN3O2S/c1-18-7-14-25(20-5-3-2-4-6-20)32(30,31)29(18)17-21-10-13-23(15-24(21)26)28-22-11-8-19(16-27)9-12-22/h2-6,10,13,15,18-19,22,25,28H,7-9,11-12,14,17H2,1H3. The van der Waals surface area contributed by atoms with Crippen LogP contribution in [0.3, 0.4) is 0 Å². The number of sulfonamides is 1. The van der Waals surface area contributed by atoms with Gasteiger partial charge in [0.1, 0.15) is 11.1 Å². The number of rotatable bonds is 5. The summed E-state index contributed by atoms with van der Waals surface area (Å²) in [5.41, 5.74) is 1.87. The third-order valence-electron chi connectivity index (χ3n) is 6.86. The maximum atomic E-state index is 15.0. The summed E-state index contributed by atoms with van der Waals surface area (Å²) in [4.78, 5) is 0. The van der Waals surface area contributed by atoms with Crippen LogP contribution < -0.4 is 5.32 Å². The number of halogens is 1. The first kappa shape index (κ1) is 22.8. The van der Waals surface area contributed by atoms with Crippen LogP contribution in [-0.4, -0.2) is 24.8 Å². The highest BCUT2D eigenvalue weighted by Gasteiger charge is 2.40. The first-order valence-corrected chi connectivity index (χ1v) is 12.9. The summed E-state index contributed by atoms with van der Waals surface area (Å²) < 4.78 is 43.2. The van der Waals surface area contributed by atoms with Gasteiger partial charge < -0.3 is 5.32 Å². The zero-order valence-corrected chi connectivity index (χ0v) is 19.2. The van der Waals surface area contributed by atoms with E-state index in [1.54, 1.807) is 6.07 Å². The van der Waals surface area contributed by atoms with E-state index in [0.29, 0.717) is 17.7 Å². The van der Waals surface area contributed by atoms with Crippen molar-refractivity contribution in [3.05, 3.63) is 65.5 Å². The van der Waals surface area contributed by atoms with Crippen LogP contribution in [0.15, 0.2) is 48.5 Å². The van der Waals surface area contributed by atoms with Crippen LogP contribution in [0.4, 0.5) is 10.1 Å². The van der Waals surface area contributed by atoms with Gasteiger partial charge in [0, 0.05) is 35.8 Å². The molecule has 2 aliphatic rings. The topological polar surface area (TPSA) is 73.2 Å². The van der Waals surface area contributed by atoms with Crippen molar-refractivity contribution in [2.75, 3.05) is 5.32 Å². The average Bonchev–Trinajstić information content (AvgIpc) is 2.79. The molecule has 1 saturated carbocycles. The van der Waals surface area contributed by atoms with E-state index < -0.39 is 21.1 Å². The van der Waals surface area contributed by atoms with Crippen LogP contribution in [0.2, 0.25) is 0 Å². The van der Waals surface area contributed by atoms with Crippen molar-refractivity contribution < 1.29 is 12.8 Å². The Morgan fingerprint density at radius 3 is 2.44 bits per heavy atom. The summed E-state index contributed by atoms with van der Waals surface area (Å²) in [6.07, 6.45) is 4.83. The second-order valence-corrected chi connectivity index (χ2v) is 11.1. The quantitative estimate of drug-likeness (QED) is 0.657. The molecule has 1 aliphatic heterocycles. The molecule has 2 fully saturated rings. The maximum Gasteiger partial charge on any atom is 0.221 e. The summed E-state index contributed by atoms with van der Waals surface area (Å²) >= 11 is 0. The van der Waals surface area contributed by atoms with E-state index in [-0.39, 0.29) is 24.5 Å². The van der Waals surface area contributed by atoms with Gasteiger partial charge in [0.2, 0.25) is 10.0 Å². The molecule has 1 heterocycles. The van der Waals surface area contributed by atoms with Crippen LogP contribution >= 0.6 is 0 Å². The Labute approximate surface area is 190 Å². The third-order valence-corrected chi connectivity index (χ3v) is 9.23. The van der Waals surface area contributed by atoms with Crippen LogP contribution in [0, 0.1) is 23.1 Å². The van der Waals surface area contributed by atoms with E-state index in [0.717, 1.165) is 37.7 Å². The highest BCUT2D eigenvalue weighted by Crippen LogP contribution is 2.38. The summed E-state index contributed by atoms with van der Waals surface area (Å²) in [5.74, 6) is -0.273. The van der Waals surface area contributed by atoms with E-state index >= 15 is 0 Å². The predicted molar refractivity (Wildman–Crippen MR) is 124 cm³/mol. The number of nitriles is 1. The SMILES string of the molecule is CC1CCC(c2ccccc2)S(=O)(=O)N1Cc1ccc(NC2CCC(C#N)CC2)cc1F. The molecule has 1 aliphatic carbocycles. The van der Waals surface area contributed by atoms with Crippen LogP contribution in [0.5, 0.6) is 0 Å². The molecular formula is C25H30FN3O2S. The molecule has 7 heteroatoms. The summed E-state index contributed by atoms with van der Waals surface area (Å²) in [7, 11) is -3.60. The molecule has 0 radical (unpaired) electrons. The Morgan fingerprint density at radius 1 is 1.06 bits per heavy atom. The van der Waals surface area contributed by atoms with E-state index in [2.05, 4.69) is 11.4 Å². The van der Waals surface area contributed by atoms with Gasteiger partial charge in [0.05, 0.1) is 6.07 Å². The first-order chi connectivity index (χ1) is 15.4. The lowest BCUT2D eigenvalue weighted by molar-refractivity contribution is 0.279. The van der Waals surface area contributed by atoms with Crippen molar-refractivity contribution in [1.82, 2.24) is 4.31 Å². The second-order valence-electron chi connectivity index (χ2n) is 9.04. The van der Waals surface area contributed by atoms with Crippen LogP contribution in [0.25, 0.3) is 0 Å². The fourth-order valence-electron chi connectivity index (χ4n) is 4.89. The Morgan fingerprint density at radius 2 is 1.78 bits per heavy atom. The van der Waals surface area contributed by atoms with Crippen molar-refractivity contribution in [2.24, 2.45) is 5.92 Å². The maximum absolute atomic E-state index is 15.0. The zero-order valence-electron chi connectivity index (χ0n) is 18.4. The van der Waals surface area contributed by atoms with Gasteiger partial charge in [-0.05, 0) is 63.1 Å². The number of nitrogens with zero attached hydrogens (tertiary/aromatic N) is 2. The predicted octanol–water partition coefficient (Wildman–Crippen LogP) is 5.38. The van der Waals surface area contributed by atoms with Crippen molar-refractivity contribution in [3.63, 3.8) is 0 Å². The van der Waals surface area contributed by atoms with E-state index in [4.69, 9.17) is 5.26 Å². The molecule has 2 atom stereocenters. The van der Waals surface area contributed by atoms with Crippen LogP contribution in [0.1, 0.15) is 61.8 Å². The monoisotopic (exact) mass is 455 g/mol. The number of benzene rings is 2. The molecule has 2 aromatic rings. The van der Waals surface area contributed by atoms with Crippen molar-refractivity contribution in [2.45, 2.75) is 69.3 Å². The number of hydrogen-bond donors (Lipinski definition) is 1. The second kappa shape index (κ2) is 9.60. The number of anilines is 1. The van der Waals surface area contributed by atoms with Gasteiger partial charge in [-0.3, -0.25) is 0 Å². The van der Waals surface area contributed by atoms with Gasteiger partial charge in [0.15, 0.2) is 0 Å². The lowest BCUT2D eigenvalue weighted by Crippen LogP contribution is -2.44. The molecule has 170 valence electrons. The minimum Gasteiger partial charge on any atom is -0.382 e. The largest absolute Gasteiger partial charge is 0.382 e. The van der Waals surface area contributed by atoms with E-state index in [9.17, 15) is 12.8 Å². The summed E-state index contributed by atoms with van der Waals surface area (Å²) in [5, 5.41) is 11.8.